The molecule has 0 spiro atoms. The summed E-state index contributed by atoms with van der Waals surface area (Å²) in [6.07, 6.45) is 5.47. The van der Waals surface area contributed by atoms with Crippen molar-refractivity contribution >= 4 is 22.2 Å². The largest absolute Gasteiger partial charge is 0.382 e. The van der Waals surface area contributed by atoms with E-state index in [1.807, 2.05) is 35.0 Å². The van der Waals surface area contributed by atoms with E-state index >= 15 is 0 Å². The summed E-state index contributed by atoms with van der Waals surface area (Å²) in [7, 11) is 0. The van der Waals surface area contributed by atoms with Gasteiger partial charge in [0, 0.05) is 35.0 Å². The Kier molecular flexibility index (Phi) is 3.06. The minimum absolute atomic E-state index is 0.112. The number of nitrogens with zero attached hydrogens (tertiary/aromatic N) is 4. The van der Waals surface area contributed by atoms with Crippen molar-refractivity contribution in [3.8, 4) is 11.3 Å². The minimum atomic E-state index is -0.112. The highest BCUT2D eigenvalue weighted by molar-refractivity contribution is 5.89. The van der Waals surface area contributed by atoms with Crippen molar-refractivity contribution in [2.24, 2.45) is 0 Å². The molecule has 5 nitrogen and oxygen atoms in total. The van der Waals surface area contributed by atoms with Crippen molar-refractivity contribution in [1.82, 2.24) is 19.4 Å². The molecule has 0 saturated carbocycles. The Morgan fingerprint density at radius 2 is 1.88 bits per heavy atom. The van der Waals surface area contributed by atoms with Crippen LogP contribution < -0.4 is 5.73 Å². The number of rotatable bonds is 1. The van der Waals surface area contributed by atoms with Crippen LogP contribution in [-0.2, 0) is 5.41 Å². The third-order valence-corrected chi connectivity index (χ3v) is 4.12. The normalized spacial score (nSPS) is 12.1. The van der Waals surface area contributed by atoms with Gasteiger partial charge in [0.15, 0.2) is 0 Å². The number of anilines is 1. The standard InChI is InChI=1S/C19H19N5/c1-19(2,3)18-23-15(16-17(20)21-8-9-24(16)18)13-10-12-6-4-5-7-14(12)22-11-13/h4-11H,1-3H3,(H2,20,21). The highest BCUT2D eigenvalue weighted by Crippen LogP contribution is 2.33. The van der Waals surface area contributed by atoms with E-state index in [-0.39, 0.29) is 5.41 Å². The average Bonchev–Trinajstić information content (AvgIpc) is 2.96. The summed E-state index contributed by atoms with van der Waals surface area (Å²) in [6.45, 7) is 6.42. The van der Waals surface area contributed by atoms with E-state index in [0.29, 0.717) is 5.82 Å². The molecule has 0 aliphatic carbocycles. The van der Waals surface area contributed by atoms with Gasteiger partial charge in [-0.3, -0.25) is 9.38 Å². The number of benzene rings is 1. The van der Waals surface area contributed by atoms with Crippen molar-refractivity contribution < 1.29 is 0 Å². The van der Waals surface area contributed by atoms with Crippen molar-refractivity contribution in [3.63, 3.8) is 0 Å². The molecule has 3 heterocycles. The fourth-order valence-corrected chi connectivity index (χ4v) is 2.99. The van der Waals surface area contributed by atoms with Gasteiger partial charge in [-0.1, -0.05) is 39.0 Å². The number of pyridine rings is 1. The van der Waals surface area contributed by atoms with E-state index in [0.717, 1.165) is 33.5 Å². The lowest BCUT2D eigenvalue weighted by Gasteiger charge is -2.16. The Bertz CT molecular complexity index is 1060. The molecule has 0 atom stereocenters. The number of para-hydroxylation sites is 1. The number of nitrogen functional groups attached to an aromatic ring is 1. The lowest BCUT2D eigenvalue weighted by Crippen LogP contribution is -2.16. The number of imidazole rings is 1. The minimum Gasteiger partial charge on any atom is -0.382 e. The molecule has 0 amide bonds. The van der Waals surface area contributed by atoms with Crippen LogP contribution in [0.4, 0.5) is 5.82 Å². The van der Waals surface area contributed by atoms with E-state index in [2.05, 4.69) is 42.9 Å². The van der Waals surface area contributed by atoms with Gasteiger partial charge in [-0.25, -0.2) is 9.97 Å². The van der Waals surface area contributed by atoms with Gasteiger partial charge in [0.05, 0.1) is 5.52 Å². The van der Waals surface area contributed by atoms with E-state index in [9.17, 15) is 0 Å². The SMILES string of the molecule is CC(C)(C)c1nc(-c2cnc3ccccc3c2)c2c(N)nccn12. The van der Waals surface area contributed by atoms with Crippen molar-refractivity contribution in [1.29, 1.82) is 0 Å². The number of nitrogens with two attached hydrogens (primary N) is 1. The topological polar surface area (TPSA) is 69.1 Å². The summed E-state index contributed by atoms with van der Waals surface area (Å²) in [5.41, 5.74) is 9.63. The monoisotopic (exact) mass is 317 g/mol. The van der Waals surface area contributed by atoms with E-state index in [1.165, 1.54) is 0 Å². The zero-order chi connectivity index (χ0) is 16.9. The van der Waals surface area contributed by atoms with Crippen LogP contribution in [0.1, 0.15) is 26.6 Å². The number of aromatic nitrogens is 4. The zero-order valence-corrected chi connectivity index (χ0v) is 14.0. The molecule has 0 aliphatic rings. The molecule has 5 heteroatoms. The van der Waals surface area contributed by atoms with Gasteiger partial charge in [0.1, 0.15) is 22.9 Å². The summed E-state index contributed by atoms with van der Waals surface area (Å²) in [5, 5.41) is 1.08. The zero-order valence-electron chi connectivity index (χ0n) is 14.0. The molecule has 4 rings (SSSR count). The molecule has 0 bridgehead atoms. The molecular formula is C19H19N5. The van der Waals surface area contributed by atoms with Crippen LogP contribution in [0.2, 0.25) is 0 Å². The third kappa shape index (κ3) is 2.21. The first-order chi connectivity index (χ1) is 11.4. The summed E-state index contributed by atoms with van der Waals surface area (Å²) in [4.78, 5) is 13.7. The van der Waals surface area contributed by atoms with Gasteiger partial charge in [0.25, 0.3) is 0 Å². The maximum Gasteiger partial charge on any atom is 0.150 e. The van der Waals surface area contributed by atoms with Gasteiger partial charge < -0.3 is 5.73 Å². The van der Waals surface area contributed by atoms with Crippen molar-refractivity contribution in [2.45, 2.75) is 26.2 Å². The average molecular weight is 317 g/mol. The lowest BCUT2D eigenvalue weighted by molar-refractivity contribution is 0.543. The maximum absolute atomic E-state index is 6.17. The molecule has 3 aromatic heterocycles. The lowest BCUT2D eigenvalue weighted by atomic mass is 9.96. The molecule has 0 radical (unpaired) electrons. The third-order valence-electron chi connectivity index (χ3n) is 4.12. The van der Waals surface area contributed by atoms with E-state index in [1.54, 1.807) is 6.20 Å². The van der Waals surface area contributed by atoms with Gasteiger partial charge in [-0.2, -0.15) is 0 Å². The van der Waals surface area contributed by atoms with Gasteiger partial charge >= 0.3 is 0 Å². The molecule has 1 aromatic carbocycles. The molecule has 2 N–H and O–H groups in total. The molecular weight excluding hydrogens is 298 g/mol. The smallest absolute Gasteiger partial charge is 0.150 e. The summed E-state index contributed by atoms with van der Waals surface area (Å²) in [6, 6.07) is 10.1. The van der Waals surface area contributed by atoms with Crippen molar-refractivity contribution in [3.05, 3.63) is 54.7 Å². The summed E-state index contributed by atoms with van der Waals surface area (Å²) >= 11 is 0. The van der Waals surface area contributed by atoms with Gasteiger partial charge in [0.2, 0.25) is 0 Å². The predicted octanol–water partition coefficient (Wildman–Crippen LogP) is 3.82. The van der Waals surface area contributed by atoms with Gasteiger partial charge in [-0.05, 0) is 12.1 Å². The second-order valence-electron chi connectivity index (χ2n) is 6.98. The highest BCUT2D eigenvalue weighted by Gasteiger charge is 2.24. The molecule has 0 saturated heterocycles. The number of hydrogen-bond donors (Lipinski definition) is 1. The van der Waals surface area contributed by atoms with E-state index < -0.39 is 0 Å². The Morgan fingerprint density at radius 1 is 1.08 bits per heavy atom. The second-order valence-corrected chi connectivity index (χ2v) is 6.98. The first-order valence-electron chi connectivity index (χ1n) is 7.93. The van der Waals surface area contributed by atoms with Crippen LogP contribution in [0.5, 0.6) is 0 Å². The van der Waals surface area contributed by atoms with Crippen LogP contribution in [-0.4, -0.2) is 19.4 Å². The number of fused-ring (bicyclic) bond motifs is 2. The Labute approximate surface area is 140 Å². The van der Waals surface area contributed by atoms with Crippen LogP contribution in [0.15, 0.2) is 48.9 Å². The van der Waals surface area contributed by atoms with Crippen molar-refractivity contribution in [2.75, 3.05) is 5.73 Å². The summed E-state index contributed by atoms with van der Waals surface area (Å²) in [5.74, 6) is 1.43. The van der Waals surface area contributed by atoms with Gasteiger partial charge in [-0.15, -0.1) is 0 Å². The Hall–Kier alpha value is -2.95. The molecule has 24 heavy (non-hydrogen) atoms. The molecule has 120 valence electrons. The summed E-state index contributed by atoms with van der Waals surface area (Å²) < 4.78 is 2.03. The van der Waals surface area contributed by atoms with E-state index in [4.69, 9.17) is 10.7 Å². The Balaban J connectivity index is 2.05. The first-order valence-corrected chi connectivity index (χ1v) is 7.93. The highest BCUT2D eigenvalue weighted by atomic mass is 15.1. The predicted molar refractivity (Wildman–Crippen MR) is 96.8 cm³/mol. The molecule has 4 aromatic rings. The Morgan fingerprint density at radius 3 is 2.67 bits per heavy atom. The molecule has 0 unspecified atom stereocenters. The quantitative estimate of drug-likeness (QED) is 0.579. The van der Waals surface area contributed by atoms with Crippen LogP contribution >= 0.6 is 0 Å². The number of hydrogen-bond acceptors (Lipinski definition) is 4. The fourth-order valence-electron chi connectivity index (χ4n) is 2.99. The molecule has 0 fully saturated rings. The van der Waals surface area contributed by atoms with Crippen LogP contribution in [0, 0.1) is 0 Å². The molecule has 0 aliphatic heterocycles. The maximum atomic E-state index is 6.17. The fraction of sp³-hybridized carbons (Fsp3) is 0.211. The second kappa shape index (κ2) is 5.03. The first kappa shape index (κ1) is 14.6. The van der Waals surface area contributed by atoms with Crippen LogP contribution in [0.3, 0.4) is 0 Å². The van der Waals surface area contributed by atoms with Crippen LogP contribution in [0.25, 0.3) is 27.7 Å².